The second-order valence-electron chi connectivity index (χ2n) is 9.21. The molecule has 4 rings (SSSR count). The Kier molecular flexibility index (Phi) is 9.01. The molecule has 0 spiro atoms. The summed E-state index contributed by atoms with van der Waals surface area (Å²) in [6.07, 6.45) is 4.34. The van der Waals surface area contributed by atoms with Crippen molar-refractivity contribution < 1.29 is 9.53 Å². The first-order valence-electron chi connectivity index (χ1n) is 12.7. The number of aryl methyl sites for hydroxylation is 3. The number of hydrogen-bond acceptors (Lipinski definition) is 3. The number of nitrogens with one attached hydrogen (secondary N) is 1. The van der Waals surface area contributed by atoms with Crippen LogP contribution in [0, 0.1) is 13.8 Å². The molecule has 0 saturated heterocycles. The van der Waals surface area contributed by atoms with E-state index < -0.39 is 0 Å². The maximum absolute atomic E-state index is 12.1. The number of fused-ring (bicyclic) bond motifs is 1. The number of rotatable bonds is 12. The minimum Gasteiger partial charge on any atom is -0.492 e. The topological polar surface area (TPSA) is 56.1 Å². The molecule has 0 aliphatic rings. The van der Waals surface area contributed by atoms with Crippen molar-refractivity contribution in [3.8, 4) is 5.75 Å². The summed E-state index contributed by atoms with van der Waals surface area (Å²) in [4.78, 5) is 17.0. The number of imidazole rings is 1. The van der Waals surface area contributed by atoms with E-state index in [1.807, 2.05) is 62.4 Å². The van der Waals surface area contributed by atoms with Crippen LogP contribution in [0.4, 0.5) is 0 Å². The first-order chi connectivity index (χ1) is 17.5. The summed E-state index contributed by atoms with van der Waals surface area (Å²) >= 11 is 6.29. The molecule has 5 nitrogen and oxygen atoms in total. The van der Waals surface area contributed by atoms with Crippen LogP contribution in [0.15, 0.2) is 66.7 Å². The summed E-state index contributed by atoms with van der Waals surface area (Å²) < 4.78 is 8.35. The van der Waals surface area contributed by atoms with Gasteiger partial charge in [-0.3, -0.25) is 4.79 Å². The van der Waals surface area contributed by atoms with E-state index in [2.05, 4.69) is 28.1 Å². The molecule has 188 valence electrons. The van der Waals surface area contributed by atoms with Crippen LogP contribution in [0.25, 0.3) is 11.0 Å². The number of hydrogen-bond donors (Lipinski definition) is 1. The van der Waals surface area contributed by atoms with E-state index in [1.165, 1.54) is 0 Å². The molecule has 0 unspecified atom stereocenters. The molecule has 0 bridgehead atoms. The summed E-state index contributed by atoms with van der Waals surface area (Å²) in [7, 11) is 0. The smallest absolute Gasteiger partial charge is 0.224 e. The number of aromatic nitrogens is 2. The molecule has 3 aromatic carbocycles. The molecule has 36 heavy (non-hydrogen) atoms. The lowest BCUT2D eigenvalue weighted by Crippen LogP contribution is -2.26. The fourth-order valence-electron chi connectivity index (χ4n) is 4.47. The molecule has 1 N–H and O–H groups in total. The molecule has 0 saturated carbocycles. The highest BCUT2D eigenvalue weighted by Gasteiger charge is 2.11. The third-order valence-corrected chi connectivity index (χ3v) is 6.93. The monoisotopic (exact) mass is 503 g/mol. The molecule has 0 fully saturated rings. The molecule has 4 aromatic rings. The average Bonchev–Trinajstić information content (AvgIpc) is 3.22. The quantitative estimate of drug-likeness (QED) is 0.226. The van der Waals surface area contributed by atoms with Gasteiger partial charge in [-0.1, -0.05) is 60.5 Å². The number of benzene rings is 3. The number of nitrogens with zero attached hydrogens (tertiary/aromatic N) is 2. The first-order valence-corrected chi connectivity index (χ1v) is 13.0. The zero-order chi connectivity index (χ0) is 25.3. The molecule has 1 heterocycles. The van der Waals surface area contributed by atoms with Crippen LogP contribution in [-0.4, -0.2) is 28.6 Å². The number of ether oxygens (including phenoxy) is 1. The Labute approximate surface area is 218 Å². The molecule has 0 aliphatic carbocycles. The molecule has 0 radical (unpaired) electrons. The first kappa shape index (κ1) is 25.8. The normalized spacial score (nSPS) is 11.1. The highest BCUT2D eigenvalue weighted by Crippen LogP contribution is 2.26. The molecule has 1 aromatic heterocycles. The third-order valence-electron chi connectivity index (χ3n) is 6.33. The van der Waals surface area contributed by atoms with E-state index in [-0.39, 0.29) is 5.91 Å². The van der Waals surface area contributed by atoms with Gasteiger partial charge in [0.25, 0.3) is 0 Å². The summed E-state index contributed by atoms with van der Waals surface area (Å²) in [5.41, 5.74) is 5.24. The van der Waals surface area contributed by atoms with Gasteiger partial charge in [-0.25, -0.2) is 4.98 Å². The van der Waals surface area contributed by atoms with Crippen molar-refractivity contribution >= 4 is 28.5 Å². The van der Waals surface area contributed by atoms with Gasteiger partial charge in [0.05, 0.1) is 24.0 Å². The van der Waals surface area contributed by atoms with Crippen molar-refractivity contribution in [1.29, 1.82) is 0 Å². The zero-order valence-electron chi connectivity index (χ0n) is 21.1. The average molecular weight is 504 g/mol. The van der Waals surface area contributed by atoms with E-state index >= 15 is 0 Å². The minimum atomic E-state index is 0.0778. The Morgan fingerprint density at radius 1 is 0.972 bits per heavy atom. The number of carbonyl (C=O) groups is 1. The molecular weight excluding hydrogens is 470 g/mol. The van der Waals surface area contributed by atoms with Gasteiger partial charge in [0.1, 0.15) is 18.2 Å². The largest absolute Gasteiger partial charge is 0.492 e. The number of carbonyl (C=O) groups excluding carboxylic acids is 1. The van der Waals surface area contributed by atoms with Crippen LogP contribution >= 0.6 is 11.6 Å². The van der Waals surface area contributed by atoms with Crippen LogP contribution < -0.4 is 10.1 Å². The van der Waals surface area contributed by atoms with Gasteiger partial charge in [-0.05, 0) is 67.6 Å². The summed E-state index contributed by atoms with van der Waals surface area (Å²) in [5, 5.41) is 3.83. The Bertz CT molecular complexity index is 1280. The highest BCUT2D eigenvalue weighted by atomic mass is 35.5. The van der Waals surface area contributed by atoms with Crippen LogP contribution in [0.5, 0.6) is 5.75 Å². The van der Waals surface area contributed by atoms with Crippen molar-refractivity contribution in [2.45, 2.75) is 52.5 Å². The second-order valence-corrected chi connectivity index (χ2v) is 9.59. The van der Waals surface area contributed by atoms with Gasteiger partial charge in [-0.2, -0.15) is 0 Å². The Morgan fingerprint density at radius 3 is 2.47 bits per heavy atom. The number of halogens is 1. The van der Waals surface area contributed by atoms with E-state index in [0.717, 1.165) is 76.5 Å². The Morgan fingerprint density at radius 2 is 1.69 bits per heavy atom. The molecule has 1 amide bonds. The Balaban J connectivity index is 1.26. The van der Waals surface area contributed by atoms with E-state index in [4.69, 9.17) is 21.3 Å². The van der Waals surface area contributed by atoms with Gasteiger partial charge in [-0.15, -0.1) is 0 Å². The molecule has 0 atom stereocenters. The molecule has 6 heteroatoms. The zero-order valence-corrected chi connectivity index (χ0v) is 21.9. The highest BCUT2D eigenvalue weighted by molar-refractivity contribution is 6.32. The summed E-state index contributed by atoms with van der Waals surface area (Å²) in [6.45, 7) is 5.99. The van der Waals surface area contributed by atoms with Crippen LogP contribution in [0.1, 0.15) is 41.8 Å². The van der Waals surface area contributed by atoms with Gasteiger partial charge in [0.2, 0.25) is 5.91 Å². The lowest BCUT2D eigenvalue weighted by molar-refractivity contribution is -0.120. The van der Waals surface area contributed by atoms with Crippen LogP contribution in [0.3, 0.4) is 0 Å². The lowest BCUT2D eigenvalue weighted by atomic mass is 10.1. The van der Waals surface area contributed by atoms with Gasteiger partial charge in [0.15, 0.2) is 0 Å². The maximum atomic E-state index is 12.1. The molecule has 0 aliphatic heterocycles. The van der Waals surface area contributed by atoms with Crippen molar-refractivity contribution in [2.24, 2.45) is 0 Å². The van der Waals surface area contributed by atoms with Gasteiger partial charge in [0, 0.05) is 18.0 Å². The number of para-hydroxylation sites is 2. The van der Waals surface area contributed by atoms with Crippen molar-refractivity contribution in [3.05, 3.63) is 94.3 Å². The van der Waals surface area contributed by atoms with Crippen LogP contribution in [-0.2, 0) is 24.2 Å². The third kappa shape index (κ3) is 6.88. The minimum absolute atomic E-state index is 0.0778. The number of amides is 1. The predicted octanol–water partition coefficient (Wildman–Crippen LogP) is 6.46. The van der Waals surface area contributed by atoms with Gasteiger partial charge < -0.3 is 14.6 Å². The van der Waals surface area contributed by atoms with E-state index in [9.17, 15) is 4.79 Å². The SMILES string of the molecule is Cc1cc(OCCn2c(CCCCCNC(=O)Cc3ccccc3)nc3ccccc32)cc(C)c1Cl. The number of unbranched alkanes of at least 4 members (excludes halogenated alkanes) is 2. The van der Waals surface area contributed by atoms with Crippen LogP contribution in [0.2, 0.25) is 5.02 Å². The fraction of sp³-hybridized carbons (Fsp3) is 0.333. The fourth-order valence-corrected chi connectivity index (χ4v) is 4.58. The second kappa shape index (κ2) is 12.6. The summed E-state index contributed by atoms with van der Waals surface area (Å²) in [6, 6.07) is 22.1. The van der Waals surface area contributed by atoms with Crippen molar-refractivity contribution in [3.63, 3.8) is 0 Å². The summed E-state index contributed by atoms with van der Waals surface area (Å²) in [5.74, 6) is 2.00. The van der Waals surface area contributed by atoms with Crippen molar-refractivity contribution in [2.75, 3.05) is 13.2 Å². The van der Waals surface area contributed by atoms with E-state index in [1.54, 1.807) is 0 Å². The lowest BCUT2D eigenvalue weighted by Gasteiger charge is -2.13. The van der Waals surface area contributed by atoms with Crippen molar-refractivity contribution in [1.82, 2.24) is 14.9 Å². The Hall–Kier alpha value is -3.31. The van der Waals surface area contributed by atoms with E-state index in [0.29, 0.717) is 19.6 Å². The molecular formula is C30H34ClN3O2. The van der Waals surface area contributed by atoms with Gasteiger partial charge >= 0.3 is 0 Å². The standard InChI is InChI=1S/C30H34ClN3O2/c1-22-19-25(20-23(2)30(22)31)36-18-17-34-27-14-9-8-13-26(27)33-28(34)15-7-4-10-16-32-29(35)21-24-11-5-3-6-12-24/h3,5-6,8-9,11-14,19-20H,4,7,10,15-18,21H2,1-2H3,(H,32,35). The maximum Gasteiger partial charge on any atom is 0.224 e. The predicted molar refractivity (Wildman–Crippen MR) is 147 cm³/mol.